The second-order valence-electron chi connectivity index (χ2n) is 7.50. The summed E-state index contributed by atoms with van der Waals surface area (Å²) in [7, 11) is 1.40. The maximum atomic E-state index is 14.3. The van der Waals surface area contributed by atoms with Gasteiger partial charge in [-0.1, -0.05) is 18.2 Å². The van der Waals surface area contributed by atoms with Crippen molar-refractivity contribution in [3.63, 3.8) is 0 Å². The number of thioether (sulfide) groups is 1. The molecule has 8 heteroatoms. The molecule has 1 heterocycles. The Morgan fingerprint density at radius 3 is 2.52 bits per heavy atom. The van der Waals surface area contributed by atoms with E-state index < -0.39 is 23.6 Å². The number of methoxy groups -OCH3 is 1. The van der Waals surface area contributed by atoms with Crippen LogP contribution in [0.1, 0.15) is 22.9 Å². The molecule has 3 rings (SSSR count). The largest absolute Gasteiger partial charge is 0.496 e. The molecule has 166 valence electrons. The van der Waals surface area contributed by atoms with E-state index in [0.29, 0.717) is 16.6 Å². The molecule has 4 nitrogen and oxygen atoms in total. The maximum Gasteiger partial charge on any atom is 0.420 e. The highest BCUT2D eigenvalue weighted by Gasteiger charge is 2.59. The molecule has 3 aromatic rings. The molecular weight excluding hydrogens is 425 g/mol. The zero-order valence-corrected chi connectivity index (χ0v) is 18.6. The normalized spacial score (nSPS) is 14.8. The molecule has 31 heavy (non-hydrogen) atoms. The van der Waals surface area contributed by atoms with E-state index in [1.165, 1.54) is 13.4 Å². The first kappa shape index (κ1) is 23.2. The van der Waals surface area contributed by atoms with Crippen molar-refractivity contribution in [1.82, 2.24) is 4.98 Å². The van der Waals surface area contributed by atoms with Gasteiger partial charge >= 0.3 is 6.18 Å². The van der Waals surface area contributed by atoms with Gasteiger partial charge in [0.25, 0.3) is 0 Å². The standard InChI is InChI=1S/C23H25F3N2O2S/c1-14-8-10-17(20(12-14)30-3)21(22(29,13-31-4)23(24,25)26)28-19-7-5-6-18-16(19)11-9-15(2)27-18/h5-12,21,28-29H,13H2,1-4H3. The van der Waals surface area contributed by atoms with Gasteiger partial charge in [-0.3, -0.25) is 4.98 Å². The average Bonchev–Trinajstić information content (AvgIpc) is 2.71. The third-order valence-corrected chi connectivity index (χ3v) is 5.93. The second-order valence-corrected chi connectivity index (χ2v) is 8.37. The third kappa shape index (κ3) is 4.60. The van der Waals surface area contributed by atoms with Crippen LogP contribution >= 0.6 is 11.8 Å². The number of fused-ring (bicyclic) bond motifs is 1. The molecule has 0 bridgehead atoms. The highest BCUT2D eigenvalue weighted by molar-refractivity contribution is 7.98. The van der Waals surface area contributed by atoms with Crippen molar-refractivity contribution in [2.45, 2.75) is 31.7 Å². The van der Waals surface area contributed by atoms with Gasteiger partial charge in [0.15, 0.2) is 5.60 Å². The van der Waals surface area contributed by atoms with Crippen molar-refractivity contribution < 1.29 is 23.0 Å². The van der Waals surface area contributed by atoms with Crippen molar-refractivity contribution in [2.24, 2.45) is 0 Å². The van der Waals surface area contributed by atoms with Crippen LogP contribution in [0.5, 0.6) is 5.75 Å². The predicted octanol–water partition coefficient (Wildman–Crippen LogP) is 5.67. The number of rotatable bonds is 7. The van der Waals surface area contributed by atoms with Crippen LogP contribution in [0.15, 0.2) is 48.5 Å². The number of halogens is 3. The Hall–Kier alpha value is -2.45. The van der Waals surface area contributed by atoms with E-state index >= 15 is 0 Å². The third-order valence-electron chi connectivity index (χ3n) is 5.20. The van der Waals surface area contributed by atoms with Gasteiger partial charge in [0.2, 0.25) is 0 Å². The summed E-state index contributed by atoms with van der Waals surface area (Å²) in [5, 5.41) is 14.7. The number of anilines is 1. The van der Waals surface area contributed by atoms with Crippen molar-refractivity contribution >= 4 is 28.4 Å². The molecule has 0 aliphatic carbocycles. The summed E-state index contributed by atoms with van der Waals surface area (Å²) >= 11 is 0.928. The molecule has 0 radical (unpaired) electrons. The molecule has 2 atom stereocenters. The Balaban J connectivity index is 2.22. The fourth-order valence-electron chi connectivity index (χ4n) is 3.60. The molecule has 0 saturated carbocycles. The molecule has 1 aromatic heterocycles. The summed E-state index contributed by atoms with van der Waals surface area (Å²) in [6.07, 6.45) is -3.35. The summed E-state index contributed by atoms with van der Waals surface area (Å²) in [6, 6.07) is 12.2. The van der Waals surface area contributed by atoms with E-state index in [0.717, 1.165) is 23.0 Å². The van der Waals surface area contributed by atoms with Gasteiger partial charge in [-0.25, -0.2) is 0 Å². The van der Waals surface area contributed by atoms with Crippen LogP contribution in [-0.2, 0) is 0 Å². The monoisotopic (exact) mass is 450 g/mol. The summed E-state index contributed by atoms with van der Waals surface area (Å²) in [5.74, 6) is -0.275. The summed E-state index contributed by atoms with van der Waals surface area (Å²) < 4.78 is 48.2. The number of pyridine rings is 1. The number of hydrogen-bond acceptors (Lipinski definition) is 5. The zero-order valence-electron chi connectivity index (χ0n) is 17.7. The summed E-state index contributed by atoms with van der Waals surface area (Å²) in [6.45, 7) is 3.67. The Morgan fingerprint density at radius 2 is 1.87 bits per heavy atom. The first-order chi connectivity index (χ1) is 14.6. The van der Waals surface area contributed by atoms with Crippen molar-refractivity contribution in [2.75, 3.05) is 24.4 Å². The van der Waals surface area contributed by atoms with Crippen LogP contribution in [0.25, 0.3) is 10.9 Å². The van der Waals surface area contributed by atoms with E-state index in [2.05, 4.69) is 10.3 Å². The minimum absolute atomic E-state index is 0.221. The van der Waals surface area contributed by atoms with Crippen molar-refractivity contribution in [1.29, 1.82) is 0 Å². The van der Waals surface area contributed by atoms with Crippen LogP contribution in [0.3, 0.4) is 0 Å². The number of benzene rings is 2. The first-order valence-corrected chi connectivity index (χ1v) is 11.1. The molecule has 0 aliphatic rings. The number of ether oxygens (including phenoxy) is 1. The van der Waals surface area contributed by atoms with Crippen LogP contribution in [0.4, 0.5) is 18.9 Å². The topological polar surface area (TPSA) is 54.4 Å². The lowest BCUT2D eigenvalue weighted by atomic mass is 9.87. The highest BCUT2D eigenvalue weighted by atomic mass is 32.2. The van der Waals surface area contributed by atoms with Crippen molar-refractivity contribution in [3.05, 3.63) is 65.4 Å². The molecule has 0 aliphatic heterocycles. The number of nitrogens with zero attached hydrogens (tertiary/aromatic N) is 1. The van der Waals surface area contributed by atoms with E-state index in [9.17, 15) is 18.3 Å². The van der Waals surface area contributed by atoms with Crippen LogP contribution in [0, 0.1) is 13.8 Å². The lowest BCUT2D eigenvalue weighted by Crippen LogP contribution is -2.54. The van der Waals surface area contributed by atoms with Gasteiger partial charge in [-0.2, -0.15) is 24.9 Å². The Labute approximate surface area is 183 Å². The lowest BCUT2D eigenvalue weighted by Gasteiger charge is -2.39. The molecule has 2 aromatic carbocycles. The number of aryl methyl sites for hydroxylation is 2. The second kappa shape index (κ2) is 8.96. The van der Waals surface area contributed by atoms with E-state index in [1.54, 1.807) is 42.5 Å². The summed E-state index contributed by atoms with van der Waals surface area (Å²) in [5.41, 5.74) is -0.0874. The molecular formula is C23H25F3N2O2S. The fourth-order valence-corrected chi connectivity index (χ4v) is 4.37. The average molecular weight is 451 g/mol. The molecule has 0 fully saturated rings. The van der Waals surface area contributed by atoms with Gasteiger partial charge in [0.05, 0.1) is 18.7 Å². The van der Waals surface area contributed by atoms with Gasteiger partial charge in [-0.15, -0.1) is 0 Å². The Bertz CT molecular complexity index is 1070. The quantitative estimate of drug-likeness (QED) is 0.486. The number of alkyl halides is 3. The number of hydrogen-bond donors (Lipinski definition) is 2. The van der Waals surface area contributed by atoms with Gasteiger partial charge in [-0.05, 0) is 56.0 Å². The molecule has 2 N–H and O–H groups in total. The smallest absolute Gasteiger partial charge is 0.420 e. The number of aromatic nitrogens is 1. The van der Waals surface area contributed by atoms with Gasteiger partial charge in [0.1, 0.15) is 5.75 Å². The van der Waals surface area contributed by atoms with Crippen LogP contribution in [0.2, 0.25) is 0 Å². The molecule has 0 saturated heterocycles. The molecule has 0 amide bonds. The number of aliphatic hydroxyl groups is 1. The van der Waals surface area contributed by atoms with Crippen LogP contribution in [-0.4, -0.2) is 41.0 Å². The fraction of sp³-hybridized carbons (Fsp3) is 0.348. The van der Waals surface area contributed by atoms with E-state index in [4.69, 9.17) is 4.74 Å². The maximum absolute atomic E-state index is 14.3. The zero-order chi connectivity index (χ0) is 22.8. The lowest BCUT2D eigenvalue weighted by molar-refractivity contribution is -0.256. The van der Waals surface area contributed by atoms with Gasteiger partial charge in [0, 0.05) is 28.1 Å². The Kier molecular flexibility index (Phi) is 6.71. The minimum Gasteiger partial charge on any atom is -0.496 e. The number of nitrogens with one attached hydrogen (secondary N) is 1. The molecule has 0 spiro atoms. The van der Waals surface area contributed by atoms with Gasteiger partial charge < -0.3 is 15.2 Å². The van der Waals surface area contributed by atoms with E-state index in [1.807, 2.05) is 19.9 Å². The highest BCUT2D eigenvalue weighted by Crippen LogP contribution is 2.46. The molecule has 2 unspecified atom stereocenters. The van der Waals surface area contributed by atoms with E-state index in [-0.39, 0.29) is 11.3 Å². The van der Waals surface area contributed by atoms with Crippen LogP contribution < -0.4 is 10.1 Å². The first-order valence-electron chi connectivity index (χ1n) is 9.66. The minimum atomic E-state index is -4.89. The Morgan fingerprint density at radius 1 is 1.13 bits per heavy atom. The van der Waals surface area contributed by atoms with Crippen molar-refractivity contribution in [3.8, 4) is 5.75 Å². The SMILES string of the molecule is COc1cc(C)ccc1C(Nc1cccc2nc(C)ccc12)C(O)(CSC)C(F)(F)F. The predicted molar refractivity (Wildman–Crippen MR) is 120 cm³/mol. The summed E-state index contributed by atoms with van der Waals surface area (Å²) in [4.78, 5) is 4.46.